The lowest BCUT2D eigenvalue weighted by molar-refractivity contribution is -0.132. The summed E-state index contributed by atoms with van der Waals surface area (Å²) in [5.41, 5.74) is 2.92. The van der Waals surface area contributed by atoms with Gasteiger partial charge in [0.25, 0.3) is 0 Å². The summed E-state index contributed by atoms with van der Waals surface area (Å²) >= 11 is 0. The van der Waals surface area contributed by atoms with Crippen LogP contribution in [0.1, 0.15) is 24.0 Å². The van der Waals surface area contributed by atoms with Gasteiger partial charge in [-0.05, 0) is 36.8 Å². The first-order valence-electron chi connectivity index (χ1n) is 7.26. The molecule has 2 nitrogen and oxygen atoms in total. The molecule has 0 saturated carbocycles. The topological polar surface area (TPSA) is 37.3 Å². The number of hydrogen-bond donors (Lipinski definition) is 1. The zero-order chi connectivity index (χ0) is 14.9. The lowest BCUT2D eigenvalue weighted by Gasteiger charge is -2.04. The van der Waals surface area contributed by atoms with Gasteiger partial charge in [-0.15, -0.1) is 0 Å². The molecule has 0 aliphatic carbocycles. The molecular weight excluding hydrogens is 260 g/mol. The Balaban J connectivity index is 1.89. The number of carbonyl (C=O) groups is 1. The van der Waals surface area contributed by atoms with Crippen molar-refractivity contribution in [1.29, 1.82) is 0 Å². The number of benzene rings is 2. The zero-order valence-electron chi connectivity index (χ0n) is 12.0. The lowest BCUT2D eigenvalue weighted by atomic mass is 10.0. The molecule has 0 radical (unpaired) electrons. The molecular formula is C19H20O2. The highest BCUT2D eigenvalue weighted by Gasteiger charge is 2.07. The van der Waals surface area contributed by atoms with Crippen LogP contribution in [-0.2, 0) is 17.6 Å². The van der Waals surface area contributed by atoms with Crippen LogP contribution in [0.25, 0.3) is 0 Å². The summed E-state index contributed by atoms with van der Waals surface area (Å²) in [6.45, 7) is 0. The third-order valence-electron chi connectivity index (χ3n) is 3.47. The molecule has 1 N–H and O–H groups in total. The molecule has 0 aliphatic rings. The minimum atomic E-state index is -0.806. The van der Waals surface area contributed by atoms with E-state index in [9.17, 15) is 9.90 Å². The molecule has 0 spiro atoms. The average Bonchev–Trinajstić information content (AvgIpc) is 2.52. The zero-order valence-corrected chi connectivity index (χ0v) is 12.0. The van der Waals surface area contributed by atoms with Gasteiger partial charge >= 0.3 is 5.97 Å². The van der Waals surface area contributed by atoms with Crippen molar-refractivity contribution in [3.05, 3.63) is 83.4 Å². The molecule has 0 unspecified atom stereocenters. The minimum Gasteiger partial charge on any atom is -0.478 e. The molecule has 2 rings (SSSR count). The van der Waals surface area contributed by atoms with E-state index in [-0.39, 0.29) is 0 Å². The number of aryl methyl sites for hydroxylation is 2. The largest absolute Gasteiger partial charge is 0.478 e. The summed E-state index contributed by atoms with van der Waals surface area (Å²) in [6, 6.07) is 20.1. The second-order valence-corrected chi connectivity index (χ2v) is 5.04. The predicted octanol–water partition coefficient (Wildman–Crippen LogP) is 4.26. The van der Waals surface area contributed by atoms with E-state index in [4.69, 9.17) is 0 Å². The molecule has 2 aromatic carbocycles. The van der Waals surface area contributed by atoms with Crippen molar-refractivity contribution in [3.63, 3.8) is 0 Å². The number of allylic oxidation sites excluding steroid dienone is 1. The van der Waals surface area contributed by atoms with E-state index in [0.29, 0.717) is 12.0 Å². The summed E-state index contributed by atoms with van der Waals surface area (Å²) in [5.74, 6) is -0.806. The van der Waals surface area contributed by atoms with Gasteiger partial charge in [0.05, 0.1) is 0 Å². The lowest BCUT2D eigenvalue weighted by Crippen LogP contribution is -2.02. The molecule has 108 valence electrons. The fourth-order valence-electron chi connectivity index (χ4n) is 2.28. The maximum absolute atomic E-state index is 11.3. The highest BCUT2D eigenvalue weighted by atomic mass is 16.4. The van der Waals surface area contributed by atoms with Crippen LogP contribution >= 0.6 is 0 Å². The highest BCUT2D eigenvalue weighted by molar-refractivity contribution is 5.86. The molecule has 0 amide bonds. The third-order valence-corrected chi connectivity index (χ3v) is 3.47. The summed E-state index contributed by atoms with van der Waals surface area (Å²) in [4.78, 5) is 11.3. The van der Waals surface area contributed by atoms with Gasteiger partial charge < -0.3 is 5.11 Å². The second-order valence-electron chi connectivity index (χ2n) is 5.04. The SMILES string of the molecule is O=C(O)/C(=C/CCc1ccccc1)CCc1ccccc1. The number of rotatable bonds is 7. The first-order chi connectivity index (χ1) is 10.3. The van der Waals surface area contributed by atoms with E-state index in [1.165, 1.54) is 11.1 Å². The molecule has 0 aromatic heterocycles. The normalized spacial score (nSPS) is 11.3. The van der Waals surface area contributed by atoms with Crippen LogP contribution in [0.3, 0.4) is 0 Å². The van der Waals surface area contributed by atoms with Crippen molar-refractivity contribution in [3.8, 4) is 0 Å². The van der Waals surface area contributed by atoms with E-state index >= 15 is 0 Å². The Morgan fingerprint density at radius 3 is 1.90 bits per heavy atom. The molecule has 2 aromatic rings. The summed E-state index contributed by atoms with van der Waals surface area (Å²) in [6.07, 6.45) is 4.85. The van der Waals surface area contributed by atoms with Crippen molar-refractivity contribution in [1.82, 2.24) is 0 Å². The minimum absolute atomic E-state index is 0.509. The molecule has 2 heteroatoms. The van der Waals surface area contributed by atoms with Gasteiger partial charge in [-0.2, -0.15) is 0 Å². The Hall–Kier alpha value is -2.35. The molecule has 0 aliphatic heterocycles. The van der Waals surface area contributed by atoms with Crippen molar-refractivity contribution >= 4 is 5.97 Å². The maximum Gasteiger partial charge on any atom is 0.331 e. The Labute approximate surface area is 125 Å². The fourth-order valence-corrected chi connectivity index (χ4v) is 2.28. The monoisotopic (exact) mass is 280 g/mol. The van der Waals surface area contributed by atoms with Gasteiger partial charge in [0, 0.05) is 5.57 Å². The van der Waals surface area contributed by atoms with E-state index in [1.807, 2.05) is 54.6 Å². The van der Waals surface area contributed by atoms with Crippen LogP contribution in [0.4, 0.5) is 0 Å². The molecule has 0 bridgehead atoms. The summed E-state index contributed by atoms with van der Waals surface area (Å²) < 4.78 is 0. The number of hydrogen-bond acceptors (Lipinski definition) is 1. The molecule has 21 heavy (non-hydrogen) atoms. The van der Waals surface area contributed by atoms with Crippen LogP contribution in [0, 0.1) is 0 Å². The molecule has 0 heterocycles. The van der Waals surface area contributed by atoms with E-state index < -0.39 is 5.97 Å². The quantitative estimate of drug-likeness (QED) is 0.769. The molecule has 0 atom stereocenters. The van der Waals surface area contributed by atoms with Crippen molar-refractivity contribution < 1.29 is 9.90 Å². The number of aliphatic carboxylic acids is 1. The summed E-state index contributed by atoms with van der Waals surface area (Å²) in [7, 11) is 0. The van der Waals surface area contributed by atoms with Crippen LogP contribution in [0.15, 0.2) is 72.3 Å². The third kappa shape index (κ3) is 5.27. The number of carboxylic acid groups (broad SMARTS) is 1. The highest BCUT2D eigenvalue weighted by Crippen LogP contribution is 2.12. The standard InChI is InChI=1S/C19H20O2/c20-19(21)18(15-14-17-10-5-2-6-11-17)13-7-12-16-8-3-1-4-9-16/h1-6,8-11,13H,7,12,14-15H2,(H,20,21)/b18-13+. The van der Waals surface area contributed by atoms with Gasteiger partial charge in [0.1, 0.15) is 0 Å². The predicted molar refractivity (Wildman–Crippen MR) is 85.2 cm³/mol. The maximum atomic E-state index is 11.3. The molecule has 0 fully saturated rings. The van der Waals surface area contributed by atoms with Gasteiger partial charge in [0.15, 0.2) is 0 Å². The van der Waals surface area contributed by atoms with Crippen LogP contribution in [0.2, 0.25) is 0 Å². The van der Waals surface area contributed by atoms with Crippen molar-refractivity contribution in [2.45, 2.75) is 25.7 Å². The van der Waals surface area contributed by atoms with Gasteiger partial charge in [-0.25, -0.2) is 4.79 Å². The summed E-state index contributed by atoms with van der Waals surface area (Å²) in [5, 5.41) is 9.28. The fraction of sp³-hybridized carbons (Fsp3) is 0.211. The van der Waals surface area contributed by atoms with E-state index in [0.717, 1.165) is 19.3 Å². The Kier molecular flexibility index (Phi) is 5.77. The molecule has 0 saturated heterocycles. The van der Waals surface area contributed by atoms with Gasteiger partial charge in [0.2, 0.25) is 0 Å². The Bertz CT molecular complexity index is 585. The van der Waals surface area contributed by atoms with Crippen LogP contribution < -0.4 is 0 Å². The smallest absolute Gasteiger partial charge is 0.331 e. The van der Waals surface area contributed by atoms with Crippen molar-refractivity contribution in [2.75, 3.05) is 0 Å². The van der Waals surface area contributed by atoms with Crippen molar-refractivity contribution in [2.24, 2.45) is 0 Å². The first-order valence-corrected chi connectivity index (χ1v) is 7.26. The van der Waals surface area contributed by atoms with E-state index in [1.54, 1.807) is 0 Å². The van der Waals surface area contributed by atoms with Crippen LogP contribution in [0.5, 0.6) is 0 Å². The first kappa shape index (κ1) is 15.0. The second kappa shape index (κ2) is 8.05. The average molecular weight is 280 g/mol. The van der Waals surface area contributed by atoms with Crippen LogP contribution in [-0.4, -0.2) is 11.1 Å². The Morgan fingerprint density at radius 1 is 0.857 bits per heavy atom. The van der Waals surface area contributed by atoms with E-state index in [2.05, 4.69) is 12.1 Å². The number of carboxylic acids is 1. The van der Waals surface area contributed by atoms with Gasteiger partial charge in [-0.3, -0.25) is 0 Å². The Morgan fingerprint density at radius 2 is 1.38 bits per heavy atom. The van der Waals surface area contributed by atoms with Gasteiger partial charge in [-0.1, -0.05) is 66.7 Å².